The molecular formula is C22H23N3O2. The van der Waals surface area contributed by atoms with Crippen LogP contribution in [-0.2, 0) is 9.59 Å². The molecule has 0 aliphatic carbocycles. The molecule has 3 aromatic rings. The minimum absolute atomic E-state index is 0.265. The van der Waals surface area contributed by atoms with Crippen molar-refractivity contribution >= 4 is 28.4 Å². The van der Waals surface area contributed by atoms with E-state index in [4.69, 9.17) is 0 Å². The molecule has 2 amide bonds. The van der Waals surface area contributed by atoms with Crippen LogP contribution in [0.5, 0.6) is 0 Å². The second kappa shape index (κ2) is 7.99. The van der Waals surface area contributed by atoms with Gasteiger partial charge in [0.25, 0.3) is 0 Å². The van der Waals surface area contributed by atoms with E-state index in [0.717, 1.165) is 16.5 Å². The second-order valence-electron chi connectivity index (χ2n) is 6.89. The Hall–Kier alpha value is -3.21. The highest BCUT2D eigenvalue weighted by Crippen LogP contribution is 2.19. The average molecular weight is 361 g/mol. The van der Waals surface area contributed by atoms with E-state index in [2.05, 4.69) is 29.5 Å². The van der Waals surface area contributed by atoms with Gasteiger partial charge in [0.1, 0.15) is 0 Å². The maximum Gasteiger partial charge on any atom is 0.313 e. The molecule has 0 spiro atoms. The zero-order valence-electron chi connectivity index (χ0n) is 15.7. The summed E-state index contributed by atoms with van der Waals surface area (Å²) in [7, 11) is 0. The van der Waals surface area contributed by atoms with E-state index < -0.39 is 11.8 Å². The van der Waals surface area contributed by atoms with Gasteiger partial charge in [0.15, 0.2) is 0 Å². The van der Waals surface area contributed by atoms with Crippen LogP contribution in [0, 0.1) is 0 Å². The largest absolute Gasteiger partial charge is 0.341 e. The Balaban J connectivity index is 1.63. The first kappa shape index (κ1) is 18.6. The molecule has 3 rings (SSSR count). The van der Waals surface area contributed by atoms with Gasteiger partial charge in [0, 0.05) is 5.39 Å². The van der Waals surface area contributed by atoms with Gasteiger partial charge in [-0.15, -0.1) is 0 Å². The summed E-state index contributed by atoms with van der Waals surface area (Å²) in [6.07, 6.45) is 1.54. The Morgan fingerprint density at radius 1 is 0.889 bits per heavy atom. The van der Waals surface area contributed by atoms with E-state index in [1.54, 1.807) is 12.3 Å². The SMILES string of the molecule is CC(C)c1ccc([C@H](C)NC(=O)C(=O)Nc2cnc3ccccc3c2)cc1. The first-order valence-electron chi connectivity index (χ1n) is 9.00. The smallest absolute Gasteiger partial charge is 0.313 e. The minimum Gasteiger partial charge on any atom is -0.341 e. The fourth-order valence-corrected chi connectivity index (χ4v) is 2.84. The molecule has 138 valence electrons. The van der Waals surface area contributed by atoms with Crippen molar-refractivity contribution in [3.63, 3.8) is 0 Å². The van der Waals surface area contributed by atoms with Crippen LogP contribution in [0.2, 0.25) is 0 Å². The summed E-state index contributed by atoms with van der Waals surface area (Å²) in [5.41, 5.74) is 3.51. The van der Waals surface area contributed by atoms with Gasteiger partial charge >= 0.3 is 11.8 Å². The molecule has 0 bridgehead atoms. The number of hydrogen-bond acceptors (Lipinski definition) is 3. The molecule has 5 nitrogen and oxygen atoms in total. The predicted molar refractivity (Wildman–Crippen MR) is 107 cm³/mol. The van der Waals surface area contributed by atoms with Gasteiger partial charge < -0.3 is 10.6 Å². The van der Waals surface area contributed by atoms with Crippen molar-refractivity contribution in [2.45, 2.75) is 32.7 Å². The highest BCUT2D eigenvalue weighted by molar-refractivity contribution is 6.39. The third kappa shape index (κ3) is 4.50. The van der Waals surface area contributed by atoms with Crippen LogP contribution in [0.1, 0.15) is 43.9 Å². The van der Waals surface area contributed by atoms with Crippen LogP contribution in [0.15, 0.2) is 60.8 Å². The topological polar surface area (TPSA) is 71.1 Å². The normalized spacial score (nSPS) is 12.0. The van der Waals surface area contributed by atoms with Gasteiger partial charge in [-0.2, -0.15) is 0 Å². The molecular weight excluding hydrogens is 338 g/mol. The third-order valence-electron chi connectivity index (χ3n) is 4.51. The summed E-state index contributed by atoms with van der Waals surface area (Å²) in [5.74, 6) is -0.938. The summed E-state index contributed by atoms with van der Waals surface area (Å²) in [4.78, 5) is 28.7. The molecule has 2 aromatic carbocycles. The number of hydrogen-bond donors (Lipinski definition) is 2. The Morgan fingerprint density at radius 3 is 2.26 bits per heavy atom. The number of anilines is 1. The number of nitrogens with zero attached hydrogens (tertiary/aromatic N) is 1. The van der Waals surface area contributed by atoms with E-state index in [-0.39, 0.29) is 6.04 Å². The monoisotopic (exact) mass is 361 g/mol. The molecule has 0 unspecified atom stereocenters. The Morgan fingerprint density at radius 2 is 1.56 bits per heavy atom. The molecule has 1 heterocycles. The van der Waals surface area contributed by atoms with Crippen molar-refractivity contribution in [1.82, 2.24) is 10.3 Å². The van der Waals surface area contributed by atoms with E-state index in [0.29, 0.717) is 11.6 Å². The maximum atomic E-state index is 12.2. The van der Waals surface area contributed by atoms with Crippen LogP contribution in [-0.4, -0.2) is 16.8 Å². The van der Waals surface area contributed by atoms with Crippen LogP contribution >= 0.6 is 0 Å². The first-order chi connectivity index (χ1) is 12.9. The van der Waals surface area contributed by atoms with Crippen LogP contribution in [0.4, 0.5) is 5.69 Å². The second-order valence-corrected chi connectivity index (χ2v) is 6.89. The van der Waals surface area contributed by atoms with Crippen LogP contribution in [0.3, 0.4) is 0 Å². The standard InChI is InChI=1S/C22H23N3O2/c1-14(2)16-8-10-17(11-9-16)15(3)24-21(26)22(27)25-19-12-18-6-4-5-7-20(18)23-13-19/h4-15H,1-3H3,(H,24,26)(H,25,27)/t15-/m0/s1. The molecule has 0 aliphatic rings. The lowest BCUT2D eigenvalue weighted by Gasteiger charge is -2.15. The number of aromatic nitrogens is 1. The molecule has 0 saturated heterocycles. The summed E-state index contributed by atoms with van der Waals surface area (Å²) in [5, 5.41) is 6.23. The number of fused-ring (bicyclic) bond motifs is 1. The summed E-state index contributed by atoms with van der Waals surface area (Å²) in [6, 6.07) is 17.2. The first-order valence-corrected chi connectivity index (χ1v) is 9.00. The molecule has 1 atom stereocenters. The number of pyridine rings is 1. The zero-order chi connectivity index (χ0) is 19.4. The third-order valence-corrected chi connectivity index (χ3v) is 4.51. The van der Waals surface area contributed by atoms with Gasteiger partial charge in [-0.25, -0.2) is 0 Å². The Labute approximate surface area is 158 Å². The number of benzene rings is 2. The molecule has 0 aliphatic heterocycles. The molecule has 1 aromatic heterocycles. The summed E-state index contributed by atoms with van der Waals surface area (Å²) >= 11 is 0. The van der Waals surface area contributed by atoms with Gasteiger partial charge in [-0.05, 0) is 36.1 Å². The van der Waals surface area contributed by atoms with Crippen molar-refractivity contribution in [3.05, 3.63) is 71.9 Å². The lowest BCUT2D eigenvalue weighted by Crippen LogP contribution is -2.36. The highest BCUT2D eigenvalue weighted by Gasteiger charge is 2.17. The molecule has 2 N–H and O–H groups in total. The van der Waals surface area contributed by atoms with Crippen LogP contribution in [0.25, 0.3) is 10.9 Å². The Kier molecular flexibility index (Phi) is 5.50. The van der Waals surface area contributed by atoms with Crippen molar-refractivity contribution in [2.24, 2.45) is 0 Å². The maximum absolute atomic E-state index is 12.2. The van der Waals surface area contributed by atoms with E-state index in [1.165, 1.54) is 5.56 Å². The molecule has 27 heavy (non-hydrogen) atoms. The molecule has 5 heteroatoms. The van der Waals surface area contributed by atoms with Crippen molar-refractivity contribution in [3.8, 4) is 0 Å². The van der Waals surface area contributed by atoms with E-state index >= 15 is 0 Å². The van der Waals surface area contributed by atoms with Gasteiger partial charge in [-0.1, -0.05) is 56.3 Å². The number of carbonyl (C=O) groups is 2. The van der Waals surface area contributed by atoms with Crippen molar-refractivity contribution in [2.75, 3.05) is 5.32 Å². The van der Waals surface area contributed by atoms with Crippen molar-refractivity contribution < 1.29 is 9.59 Å². The number of rotatable bonds is 4. The average Bonchev–Trinajstić information content (AvgIpc) is 2.67. The predicted octanol–water partition coefficient (Wildman–Crippen LogP) is 4.17. The molecule has 0 radical (unpaired) electrons. The van der Waals surface area contributed by atoms with Crippen LogP contribution < -0.4 is 10.6 Å². The summed E-state index contributed by atoms with van der Waals surface area (Å²) < 4.78 is 0. The lowest BCUT2D eigenvalue weighted by molar-refractivity contribution is -0.136. The highest BCUT2D eigenvalue weighted by atomic mass is 16.2. The summed E-state index contributed by atoms with van der Waals surface area (Å²) in [6.45, 7) is 6.12. The van der Waals surface area contributed by atoms with E-state index in [1.807, 2.05) is 55.5 Å². The minimum atomic E-state index is -0.710. The quantitative estimate of drug-likeness (QED) is 0.685. The number of para-hydroxylation sites is 1. The van der Waals surface area contributed by atoms with Gasteiger partial charge in [0.2, 0.25) is 0 Å². The molecule has 0 fully saturated rings. The fourth-order valence-electron chi connectivity index (χ4n) is 2.84. The van der Waals surface area contributed by atoms with E-state index in [9.17, 15) is 9.59 Å². The molecule has 0 saturated carbocycles. The number of nitrogens with one attached hydrogen (secondary N) is 2. The lowest BCUT2D eigenvalue weighted by atomic mass is 9.99. The van der Waals surface area contributed by atoms with Gasteiger partial charge in [-0.3, -0.25) is 14.6 Å². The number of amides is 2. The Bertz CT molecular complexity index is 965. The fraction of sp³-hybridized carbons (Fsp3) is 0.227. The van der Waals surface area contributed by atoms with Gasteiger partial charge in [0.05, 0.1) is 23.4 Å². The van der Waals surface area contributed by atoms with Crippen molar-refractivity contribution in [1.29, 1.82) is 0 Å². The number of carbonyl (C=O) groups excluding carboxylic acids is 2. The zero-order valence-corrected chi connectivity index (χ0v) is 15.7.